The average Bonchev–Trinajstić information content (AvgIpc) is 3.32. The van der Waals surface area contributed by atoms with Gasteiger partial charge in [0, 0.05) is 36.5 Å². The zero-order valence-corrected chi connectivity index (χ0v) is 18.0. The number of ketones is 1. The van der Waals surface area contributed by atoms with Crippen molar-refractivity contribution in [2.75, 3.05) is 33.9 Å². The summed E-state index contributed by atoms with van der Waals surface area (Å²) >= 11 is 0. The van der Waals surface area contributed by atoms with Crippen molar-refractivity contribution in [1.82, 2.24) is 9.88 Å². The maximum Gasteiger partial charge on any atom is 0.305 e. The van der Waals surface area contributed by atoms with Crippen LogP contribution in [0.3, 0.4) is 0 Å². The Bertz CT molecular complexity index is 1080. The van der Waals surface area contributed by atoms with Gasteiger partial charge in [0.25, 0.3) is 0 Å². The molecule has 3 heterocycles. The number of esters is 1. The molecule has 9 nitrogen and oxygen atoms in total. The SMILES string of the molecule is COC(=O)CCCOc1ccc2c(c1OC)N=C(CC(=O)c1cccnc1)N1CCN=C21. The van der Waals surface area contributed by atoms with Gasteiger partial charge in [-0.15, -0.1) is 0 Å². The Morgan fingerprint density at radius 2 is 2.06 bits per heavy atom. The van der Waals surface area contributed by atoms with Crippen molar-refractivity contribution in [1.29, 1.82) is 0 Å². The minimum Gasteiger partial charge on any atom is -0.491 e. The minimum atomic E-state index is -0.280. The van der Waals surface area contributed by atoms with Gasteiger partial charge in [0.05, 0.1) is 33.8 Å². The maximum atomic E-state index is 12.8. The van der Waals surface area contributed by atoms with Crippen LogP contribution in [0.15, 0.2) is 46.6 Å². The lowest BCUT2D eigenvalue weighted by Gasteiger charge is -2.28. The second-order valence-electron chi connectivity index (χ2n) is 7.25. The second kappa shape index (κ2) is 9.59. The van der Waals surface area contributed by atoms with E-state index in [1.54, 1.807) is 31.6 Å². The predicted molar refractivity (Wildman–Crippen MR) is 118 cm³/mol. The average molecular weight is 436 g/mol. The molecule has 0 saturated heterocycles. The zero-order chi connectivity index (χ0) is 22.5. The highest BCUT2D eigenvalue weighted by atomic mass is 16.5. The van der Waals surface area contributed by atoms with Gasteiger partial charge in [0.1, 0.15) is 17.4 Å². The highest BCUT2D eigenvalue weighted by Crippen LogP contribution is 2.43. The van der Waals surface area contributed by atoms with E-state index >= 15 is 0 Å². The Morgan fingerprint density at radius 3 is 2.81 bits per heavy atom. The quantitative estimate of drug-likeness (QED) is 0.338. The number of Topliss-reactive ketones (excluding diaryl/α,β-unsaturated/α-hetero) is 1. The first-order chi connectivity index (χ1) is 15.6. The number of hydrogen-bond donors (Lipinski definition) is 0. The van der Waals surface area contributed by atoms with E-state index in [1.807, 2.05) is 17.0 Å². The first kappa shape index (κ1) is 21.5. The maximum absolute atomic E-state index is 12.8. The van der Waals surface area contributed by atoms with Gasteiger partial charge in [0.15, 0.2) is 17.3 Å². The van der Waals surface area contributed by atoms with Crippen LogP contribution in [-0.2, 0) is 9.53 Å². The molecule has 1 aromatic heterocycles. The fraction of sp³-hybridized carbons (Fsp3) is 0.348. The lowest BCUT2D eigenvalue weighted by molar-refractivity contribution is -0.140. The number of aromatic nitrogens is 1. The standard InChI is InChI=1S/C23H24N4O5/c1-30-20(29)6-4-12-32-18-8-7-16-21(22(18)31-2)26-19(27-11-10-25-23(16)27)13-17(28)15-5-3-9-24-14-15/h3,5,7-9,14H,4,6,10-13H2,1-2H3. The topological polar surface area (TPSA) is 103 Å². The third-order valence-electron chi connectivity index (χ3n) is 5.25. The number of amidine groups is 2. The lowest BCUT2D eigenvalue weighted by atomic mass is 10.0. The van der Waals surface area contributed by atoms with Crippen LogP contribution in [0.4, 0.5) is 5.69 Å². The van der Waals surface area contributed by atoms with E-state index in [0.29, 0.717) is 54.7 Å². The molecule has 0 radical (unpaired) electrons. The Hall–Kier alpha value is -3.75. The molecule has 0 fully saturated rings. The molecule has 2 aliphatic heterocycles. The second-order valence-corrected chi connectivity index (χ2v) is 7.25. The zero-order valence-electron chi connectivity index (χ0n) is 18.0. The molecule has 0 aliphatic carbocycles. The molecule has 2 aromatic rings. The monoisotopic (exact) mass is 436 g/mol. The molecule has 0 atom stereocenters. The van der Waals surface area contributed by atoms with Crippen LogP contribution in [0.5, 0.6) is 11.5 Å². The van der Waals surface area contributed by atoms with E-state index in [-0.39, 0.29) is 24.6 Å². The predicted octanol–water partition coefficient (Wildman–Crippen LogP) is 2.80. The molecule has 4 rings (SSSR count). The van der Waals surface area contributed by atoms with Crippen LogP contribution < -0.4 is 9.47 Å². The van der Waals surface area contributed by atoms with E-state index in [0.717, 1.165) is 11.4 Å². The molecule has 0 bridgehead atoms. The summed E-state index contributed by atoms with van der Waals surface area (Å²) in [6.45, 7) is 1.62. The normalized spacial score (nSPS) is 14.1. The van der Waals surface area contributed by atoms with E-state index in [9.17, 15) is 9.59 Å². The molecule has 0 saturated carbocycles. The largest absolute Gasteiger partial charge is 0.491 e. The van der Waals surface area contributed by atoms with Crippen LogP contribution in [-0.4, -0.2) is 67.2 Å². The Kier molecular flexibility index (Phi) is 6.44. The summed E-state index contributed by atoms with van der Waals surface area (Å²) in [6.07, 6.45) is 4.10. The van der Waals surface area contributed by atoms with Crippen molar-refractivity contribution in [3.05, 3.63) is 47.8 Å². The van der Waals surface area contributed by atoms with Crippen molar-refractivity contribution in [3.63, 3.8) is 0 Å². The van der Waals surface area contributed by atoms with Gasteiger partial charge < -0.3 is 19.1 Å². The van der Waals surface area contributed by atoms with Crippen molar-refractivity contribution in [2.24, 2.45) is 9.98 Å². The van der Waals surface area contributed by atoms with E-state index < -0.39 is 0 Å². The first-order valence-electron chi connectivity index (χ1n) is 10.4. The van der Waals surface area contributed by atoms with E-state index in [1.165, 1.54) is 7.11 Å². The molecule has 0 unspecified atom stereocenters. The number of methoxy groups -OCH3 is 2. The Labute approximate surface area is 185 Å². The highest BCUT2D eigenvalue weighted by Gasteiger charge is 2.33. The van der Waals surface area contributed by atoms with Crippen LogP contribution in [0.2, 0.25) is 0 Å². The molecule has 0 spiro atoms. The van der Waals surface area contributed by atoms with Gasteiger partial charge in [-0.25, -0.2) is 4.99 Å². The highest BCUT2D eigenvalue weighted by molar-refractivity contribution is 6.21. The number of pyridine rings is 1. The number of carbonyl (C=O) groups is 2. The molecule has 1 aromatic carbocycles. The number of benzene rings is 1. The third-order valence-corrected chi connectivity index (χ3v) is 5.25. The summed E-state index contributed by atoms with van der Waals surface area (Å²) in [5.74, 6) is 2.04. The molecule has 9 heteroatoms. The Balaban J connectivity index is 1.61. The number of ether oxygens (including phenoxy) is 3. The fourth-order valence-corrected chi connectivity index (χ4v) is 3.68. The number of rotatable bonds is 9. The number of fused-ring (bicyclic) bond motifs is 3. The van der Waals surface area contributed by atoms with Gasteiger partial charge in [-0.3, -0.25) is 19.6 Å². The summed E-state index contributed by atoms with van der Waals surface area (Å²) < 4.78 is 16.1. The van der Waals surface area contributed by atoms with Crippen molar-refractivity contribution < 1.29 is 23.8 Å². The van der Waals surface area contributed by atoms with Crippen LogP contribution in [0.1, 0.15) is 35.2 Å². The van der Waals surface area contributed by atoms with Gasteiger partial charge in [-0.05, 0) is 30.7 Å². The number of carbonyl (C=O) groups excluding carboxylic acids is 2. The number of nitrogens with zero attached hydrogens (tertiary/aromatic N) is 4. The van der Waals surface area contributed by atoms with Crippen LogP contribution >= 0.6 is 0 Å². The smallest absolute Gasteiger partial charge is 0.305 e. The van der Waals surface area contributed by atoms with Gasteiger partial charge in [-0.2, -0.15) is 0 Å². The van der Waals surface area contributed by atoms with Gasteiger partial charge in [0.2, 0.25) is 0 Å². The fourth-order valence-electron chi connectivity index (χ4n) is 3.68. The van der Waals surface area contributed by atoms with E-state index in [4.69, 9.17) is 14.5 Å². The van der Waals surface area contributed by atoms with Crippen molar-refractivity contribution >= 4 is 29.1 Å². The van der Waals surface area contributed by atoms with Crippen LogP contribution in [0, 0.1) is 0 Å². The first-order valence-corrected chi connectivity index (χ1v) is 10.4. The summed E-state index contributed by atoms with van der Waals surface area (Å²) in [5, 5.41) is 0. The van der Waals surface area contributed by atoms with Gasteiger partial charge >= 0.3 is 5.97 Å². The molecular weight excluding hydrogens is 412 g/mol. The molecule has 0 N–H and O–H groups in total. The number of aliphatic imine (C=N–C) groups is 2. The molecule has 32 heavy (non-hydrogen) atoms. The summed E-state index contributed by atoms with van der Waals surface area (Å²) in [7, 11) is 2.91. The summed E-state index contributed by atoms with van der Waals surface area (Å²) in [6, 6.07) is 7.19. The summed E-state index contributed by atoms with van der Waals surface area (Å²) in [4.78, 5) is 39.5. The Morgan fingerprint density at radius 1 is 1.19 bits per heavy atom. The lowest BCUT2D eigenvalue weighted by Crippen LogP contribution is -2.38. The van der Waals surface area contributed by atoms with Gasteiger partial charge in [-0.1, -0.05) is 0 Å². The molecule has 166 valence electrons. The summed E-state index contributed by atoms with van der Waals surface area (Å²) in [5.41, 5.74) is 1.95. The third kappa shape index (κ3) is 4.32. The van der Waals surface area contributed by atoms with E-state index in [2.05, 4.69) is 14.7 Å². The molecule has 0 amide bonds. The number of hydrogen-bond acceptors (Lipinski definition) is 9. The molecular formula is C23H24N4O5. The molecule has 2 aliphatic rings. The van der Waals surface area contributed by atoms with Crippen molar-refractivity contribution in [2.45, 2.75) is 19.3 Å². The van der Waals surface area contributed by atoms with Crippen LogP contribution in [0.25, 0.3) is 0 Å². The van der Waals surface area contributed by atoms with Crippen molar-refractivity contribution in [3.8, 4) is 11.5 Å². The minimum absolute atomic E-state index is 0.0688.